The van der Waals surface area contributed by atoms with Crippen LogP contribution in [0.2, 0.25) is 0 Å². The third-order valence-corrected chi connectivity index (χ3v) is 9.03. The van der Waals surface area contributed by atoms with Crippen molar-refractivity contribution in [1.29, 1.82) is 0 Å². The lowest BCUT2D eigenvalue weighted by atomic mass is 9.69. The van der Waals surface area contributed by atoms with Crippen LogP contribution in [0.3, 0.4) is 0 Å². The van der Waals surface area contributed by atoms with Gasteiger partial charge in [-0.3, -0.25) is 9.78 Å². The molecule has 0 aliphatic heterocycles. The minimum absolute atomic E-state index is 0.0623. The highest BCUT2D eigenvalue weighted by molar-refractivity contribution is 5.73. The maximum atomic E-state index is 11.8. The van der Waals surface area contributed by atoms with Crippen LogP contribution < -0.4 is 0 Å². The number of rotatable bonds is 11. The van der Waals surface area contributed by atoms with Crippen molar-refractivity contribution in [3.8, 4) is 11.3 Å². The van der Waals surface area contributed by atoms with Crippen LogP contribution in [-0.4, -0.2) is 28.3 Å². The van der Waals surface area contributed by atoms with Gasteiger partial charge in [-0.05, 0) is 98.7 Å². The molecule has 4 rings (SSSR count). The van der Waals surface area contributed by atoms with Crippen LogP contribution in [0.4, 0.5) is 0 Å². The summed E-state index contributed by atoms with van der Waals surface area (Å²) in [5, 5.41) is 10.8. The van der Waals surface area contributed by atoms with Crippen LogP contribution in [-0.2, 0) is 27.8 Å². The number of carbonyl (C=O) groups excluding carboxylic acids is 1. The molecule has 3 aromatic rings. The average Bonchev–Trinajstić information content (AvgIpc) is 3.36. The van der Waals surface area contributed by atoms with Gasteiger partial charge in [0.1, 0.15) is 0 Å². The smallest absolute Gasteiger partial charge is 0.310 e. The zero-order valence-electron chi connectivity index (χ0n) is 24.5. The molecule has 4 nitrogen and oxygen atoms in total. The molecule has 0 bridgehead atoms. The highest BCUT2D eigenvalue weighted by Crippen LogP contribution is 2.41. The lowest BCUT2D eigenvalue weighted by molar-refractivity contribution is -0.142. The number of benzene rings is 2. The number of nitrogens with zero attached hydrogens (tertiary/aromatic N) is 1. The molecule has 1 heterocycles. The number of hydrogen-bond donors (Lipinski definition) is 1. The summed E-state index contributed by atoms with van der Waals surface area (Å²) in [4.78, 5) is 16.5. The van der Waals surface area contributed by atoms with Gasteiger partial charge in [-0.25, -0.2) is 0 Å². The van der Waals surface area contributed by atoms with Gasteiger partial charge in [-0.15, -0.1) is 0 Å². The molecule has 0 spiro atoms. The third-order valence-electron chi connectivity index (χ3n) is 9.03. The summed E-state index contributed by atoms with van der Waals surface area (Å²) < 4.78 is 5.06. The van der Waals surface area contributed by atoms with E-state index in [1.54, 1.807) is 6.20 Å². The Morgan fingerprint density at radius 2 is 1.62 bits per heavy atom. The van der Waals surface area contributed by atoms with Crippen LogP contribution >= 0.6 is 0 Å². The number of aliphatic hydroxyl groups is 1. The SMILES string of the molecule is CCOC(=O)Cc1ccc(-c2ccc(C(CC)(CC)c3ccc(CCC4(O)CCCC4)c(C)c3)cc2C)nc1. The van der Waals surface area contributed by atoms with Gasteiger partial charge in [-0.1, -0.05) is 69.2 Å². The number of ether oxygens (including phenoxy) is 1. The maximum absolute atomic E-state index is 11.8. The number of aromatic nitrogens is 1. The van der Waals surface area contributed by atoms with Crippen molar-refractivity contribution in [3.63, 3.8) is 0 Å². The van der Waals surface area contributed by atoms with Gasteiger partial charge < -0.3 is 9.84 Å². The Kier molecular flexibility index (Phi) is 9.27. The predicted octanol–water partition coefficient (Wildman–Crippen LogP) is 7.81. The van der Waals surface area contributed by atoms with Crippen molar-refractivity contribution in [3.05, 3.63) is 88.1 Å². The fourth-order valence-corrected chi connectivity index (χ4v) is 6.47. The Balaban J connectivity index is 1.56. The fraction of sp³-hybridized carbons (Fsp3) is 0.486. The van der Waals surface area contributed by atoms with Gasteiger partial charge in [0.05, 0.1) is 24.3 Å². The Morgan fingerprint density at radius 1 is 0.949 bits per heavy atom. The predicted molar refractivity (Wildman–Crippen MR) is 159 cm³/mol. The number of pyridine rings is 1. The quantitative estimate of drug-likeness (QED) is 0.258. The second-order valence-corrected chi connectivity index (χ2v) is 11.4. The first-order valence-electron chi connectivity index (χ1n) is 14.8. The molecule has 1 aliphatic carbocycles. The van der Waals surface area contributed by atoms with Gasteiger partial charge in [0, 0.05) is 17.2 Å². The zero-order valence-corrected chi connectivity index (χ0v) is 24.5. The standard InChI is InChI=1S/C35H45NO3/c1-6-35(7-2,29-13-12-28(25(4)21-29)17-20-34(38)18-9-10-19-34)30-14-15-31(26(5)22-30)32-16-11-27(24-36-32)23-33(37)39-8-3/h11-16,21-22,24,38H,6-10,17-20,23H2,1-5H3. The van der Waals surface area contributed by atoms with Crippen molar-refractivity contribution in [2.45, 2.75) is 103 Å². The summed E-state index contributed by atoms with van der Waals surface area (Å²) >= 11 is 0. The van der Waals surface area contributed by atoms with E-state index < -0.39 is 5.60 Å². The molecule has 0 amide bonds. The normalized spacial score (nSPS) is 14.9. The van der Waals surface area contributed by atoms with E-state index in [1.807, 2.05) is 19.1 Å². The minimum atomic E-state index is -0.461. The highest BCUT2D eigenvalue weighted by atomic mass is 16.5. The van der Waals surface area contributed by atoms with Gasteiger partial charge >= 0.3 is 5.97 Å². The van der Waals surface area contributed by atoms with E-state index in [2.05, 4.69) is 69.1 Å². The van der Waals surface area contributed by atoms with Crippen molar-refractivity contribution < 1.29 is 14.6 Å². The molecule has 1 N–H and O–H groups in total. The molecule has 4 heteroatoms. The molecule has 0 radical (unpaired) electrons. The van der Waals surface area contributed by atoms with E-state index in [-0.39, 0.29) is 17.8 Å². The molecule has 39 heavy (non-hydrogen) atoms. The zero-order chi connectivity index (χ0) is 28.0. The van der Waals surface area contributed by atoms with E-state index in [1.165, 1.54) is 27.8 Å². The second kappa shape index (κ2) is 12.5. The lowest BCUT2D eigenvalue weighted by Gasteiger charge is -2.34. The first-order chi connectivity index (χ1) is 18.7. The lowest BCUT2D eigenvalue weighted by Crippen LogP contribution is -2.27. The Hall–Kier alpha value is -2.98. The summed E-state index contributed by atoms with van der Waals surface area (Å²) in [5.74, 6) is -0.225. The topological polar surface area (TPSA) is 59.4 Å². The average molecular weight is 528 g/mol. The van der Waals surface area contributed by atoms with Crippen LogP contribution in [0.25, 0.3) is 11.3 Å². The van der Waals surface area contributed by atoms with Crippen molar-refractivity contribution in [2.75, 3.05) is 6.61 Å². The first-order valence-corrected chi connectivity index (χ1v) is 14.8. The summed E-state index contributed by atoms with van der Waals surface area (Å²) in [6, 6.07) is 17.7. The first kappa shape index (κ1) is 29.0. The molecule has 2 aromatic carbocycles. The van der Waals surface area contributed by atoms with E-state index in [0.717, 1.165) is 68.2 Å². The maximum Gasteiger partial charge on any atom is 0.310 e. The molecule has 1 fully saturated rings. The molecule has 0 saturated heterocycles. The molecule has 1 saturated carbocycles. The van der Waals surface area contributed by atoms with Crippen LogP contribution in [0.5, 0.6) is 0 Å². The van der Waals surface area contributed by atoms with Crippen molar-refractivity contribution in [1.82, 2.24) is 4.98 Å². The minimum Gasteiger partial charge on any atom is -0.466 e. The Bertz CT molecular complexity index is 1270. The summed E-state index contributed by atoms with van der Waals surface area (Å²) in [6.07, 6.45) is 10.0. The van der Waals surface area contributed by atoms with Gasteiger partial charge in [0.25, 0.3) is 0 Å². The summed E-state index contributed by atoms with van der Waals surface area (Å²) in [6.45, 7) is 11.2. The number of esters is 1. The molecular formula is C35H45NO3. The van der Waals surface area contributed by atoms with Crippen LogP contribution in [0.1, 0.15) is 99.1 Å². The van der Waals surface area contributed by atoms with Crippen LogP contribution in [0, 0.1) is 13.8 Å². The molecule has 1 aromatic heterocycles. The molecule has 0 atom stereocenters. The van der Waals surface area contributed by atoms with Crippen LogP contribution in [0.15, 0.2) is 54.7 Å². The van der Waals surface area contributed by atoms with E-state index >= 15 is 0 Å². The molecule has 0 unspecified atom stereocenters. The fourth-order valence-electron chi connectivity index (χ4n) is 6.47. The van der Waals surface area contributed by atoms with E-state index in [9.17, 15) is 9.90 Å². The number of aryl methyl sites for hydroxylation is 3. The molecular weight excluding hydrogens is 482 g/mol. The summed E-state index contributed by atoms with van der Waals surface area (Å²) in [7, 11) is 0. The highest BCUT2D eigenvalue weighted by Gasteiger charge is 2.33. The van der Waals surface area contributed by atoms with Gasteiger partial charge in [-0.2, -0.15) is 0 Å². The van der Waals surface area contributed by atoms with Gasteiger partial charge in [0.15, 0.2) is 0 Å². The Morgan fingerprint density at radius 3 is 2.18 bits per heavy atom. The largest absolute Gasteiger partial charge is 0.466 e. The monoisotopic (exact) mass is 527 g/mol. The van der Waals surface area contributed by atoms with Crippen molar-refractivity contribution >= 4 is 5.97 Å². The number of carbonyl (C=O) groups is 1. The molecule has 1 aliphatic rings. The Labute approximate surface area is 234 Å². The van der Waals surface area contributed by atoms with E-state index in [0.29, 0.717) is 6.61 Å². The van der Waals surface area contributed by atoms with Crippen molar-refractivity contribution in [2.24, 2.45) is 0 Å². The second-order valence-electron chi connectivity index (χ2n) is 11.4. The number of hydrogen-bond acceptors (Lipinski definition) is 4. The van der Waals surface area contributed by atoms with E-state index in [4.69, 9.17) is 4.74 Å². The summed E-state index contributed by atoms with van der Waals surface area (Å²) in [5.41, 5.74) is 8.92. The molecule has 208 valence electrons. The van der Waals surface area contributed by atoms with Gasteiger partial charge in [0.2, 0.25) is 0 Å². The third kappa shape index (κ3) is 6.44.